The minimum absolute atomic E-state index is 0.0881. The van der Waals surface area contributed by atoms with Gasteiger partial charge in [-0.05, 0) is 109 Å². The zero-order valence-corrected chi connectivity index (χ0v) is 47.6. The van der Waals surface area contributed by atoms with Gasteiger partial charge in [-0.2, -0.15) is 0 Å². The van der Waals surface area contributed by atoms with E-state index >= 15 is 0 Å². The molecular weight excluding hydrogens is 901 g/mol. The van der Waals surface area contributed by atoms with Gasteiger partial charge in [-0.3, -0.25) is 14.4 Å². The molecule has 0 aromatic carbocycles. The molecule has 416 valence electrons. The van der Waals surface area contributed by atoms with Crippen molar-refractivity contribution in [2.75, 3.05) is 13.2 Å². The van der Waals surface area contributed by atoms with Gasteiger partial charge in [0.25, 0.3) is 0 Å². The summed E-state index contributed by atoms with van der Waals surface area (Å²) in [4.78, 5) is 38.1. The van der Waals surface area contributed by atoms with Crippen LogP contribution in [0.1, 0.15) is 278 Å². The minimum Gasteiger partial charge on any atom is -0.462 e. The number of hydrogen-bond acceptors (Lipinski definition) is 6. The Hall–Kier alpha value is -3.93. The van der Waals surface area contributed by atoms with Gasteiger partial charge >= 0.3 is 17.9 Å². The fourth-order valence-electron chi connectivity index (χ4n) is 8.22. The van der Waals surface area contributed by atoms with Crippen LogP contribution in [-0.4, -0.2) is 37.2 Å². The predicted octanol–water partition coefficient (Wildman–Crippen LogP) is 20.7. The van der Waals surface area contributed by atoms with Gasteiger partial charge in [0.2, 0.25) is 0 Å². The van der Waals surface area contributed by atoms with E-state index in [4.69, 9.17) is 14.2 Å². The van der Waals surface area contributed by atoms with Crippen LogP contribution in [0.2, 0.25) is 0 Å². The third kappa shape index (κ3) is 58.8. The Kier molecular flexibility index (Phi) is 57.4. The van der Waals surface area contributed by atoms with Gasteiger partial charge in [-0.15, -0.1) is 0 Å². The molecule has 1 unspecified atom stereocenters. The van der Waals surface area contributed by atoms with Crippen molar-refractivity contribution in [2.45, 2.75) is 284 Å². The fraction of sp³-hybridized carbons (Fsp3) is 0.687. The highest BCUT2D eigenvalue weighted by atomic mass is 16.6. The third-order valence-corrected chi connectivity index (χ3v) is 12.8. The fourth-order valence-corrected chi connectivity index (χ4v) is 8.22. The van der Waals surface area contributed by atoms with Crippen molar-refractivity contribution in [1.82, 2.24) is 0 Å². The Morgan fingerprint density at radius 2 is 0.534 bits per heavy atom. The molecule has 0 heterocycles. The first-order chi connectivity index (χ1) is 36.0. The highest BCUT2D eigenvalue weighted by molar-refractivity contribution is 5.71. The van der Waals surface area contributed by atoms with Crippen LogP contribution in [0.4, 0.5) is 0 Å². The molecule has 6 nitrogen and oxygen atoms in total. The number of carbonyl (C=O) groups is 3. The maximum Gasteiger partial charge on any atom is 0.306 e. The Morgan fingerprint density at radius 3 is 0.849 bits per heavy atom. The zero-order valence-electron chi connectivity index (χ0n) is 47.6. The molecule has 0 aliphatic heterocycles. The summed E-state index contributed by atoms with van der Waals surface area (Å²) in [5, 5.41) is 0. The lowest BCUT2D eigenvalue weighted by Crippen LogP contribution is -2.30. The second-order valence-corrected chi connectivity index (χ2v) is 19.9. The van der Waals surface area contributed by atoms with Crippen LogP contribution in [0.15, 0.2) is 109 Å². The quantitative estimate of drug-likeness (QED) is 0.0261. The van der Waals surface area contributed by atoms with Gasteiger partial charge in [0.15, 0.2) is 6.10 Å². The van der Waals surface area contributed by atoms with Crippen LogP contribution >= 0.6 is 0 Å². The Labute approximate surface area is 450 Å². The van der Waals surface area contributed by atoms with Crippen molar-refractivity contribution in [1.29, 1.82) is 0 Å². The van der Waals surface area contributed by atoms with E-state index in [1.54, 1.807) is 0 Å². The molecule has 0 aromatic heterocycles. The van der Waals surface area contributed by atoms with Gasteiger partial charge in [0, 0.05) is 19.3 Å². The normalized spacial score (nSPS) is 12.9. The summed E-state index contributed by atoms with van der Waals surface area (Å²) in [5.74, 6) is -0.920. The second-order valence-electron chi connectivity index (χ2n) is 19.9. The summed E-state index contributed by atoms with van der Waals surface area (Å²) in [5.41, 5.74) is 0. The predicted molar refractivity (Wildman–Crippen MR) is 316 cm³/mol. The first-order valence-electron chi connectivity index (χ1n) is 30.4. The van der Waals surface area contributed by atoms with Crippen LogP contribution < -0.4 is 0 Å². The average molecular weight is 1010 g/mol. The van der Waals surface area contributed by atoms with Crippen molar-refractivity contribution in [3.63, 3.8) is 0 Å². The van der Waals surface area contributed by atoms with Crippen molar-refractivity contribution in [3.8, 4) is 0 Å². The Balaban J connectivity index is 4.34. The first kappa shape index (κ1) is 69.1. The standard InChI is InChI=1S/C67H112O6/c1-4-7-10-13-16-19-22-25-27-28-29-30-31-32-33-34-35-36-37-38-39-40-41-43-45-48-51-54-57-60-66(69)72-63-64(62-71-65(68)59-56-53-50-47-44-24-21-18-15-12-9-6-3)73-67(70)61-58-55-52-49-46-42-26-23-20-17-14-11-8-5-2/h7,10,16,19,23,25-27,29-30,32-33,35-36,38-39,41,43,64H,4-6,8-9,11-15,17-18,20-22,24,28,31,34,37,40,42,44-63H2,1-3H3/b10-7-,19-16-,26-23-,27-25-,30-29-,33-32-,36-35-,39-38-,43-41-. The first-order valence-corrected chi connectivity index (χ1v) is 30.4. The highest BCUT2D eigenvalue weighted by Gasteiger charge is 2.19. The van der Waals surface area contributed by atoms with Crippen molar-refractivity contribution >= 4 is 17.9 Å². The SMILES string of the molecule is CC/C=C\C/C=C\C/C=C\C/C=C\C/C=C\C/C=C\C/C=C\C/C=C\CCCCCCC(=O)OCC(COC(=O)CCCCCCCCCCCCCC)OC(=O)CCCCCCC/C=C\CCCCCCC. The van der Waals surface area contributed by atoms with Gasteiger partial charge in [-0.25, -0.2) is 0 Å². The van der Waals surface area contributed by atoms with E-state index in [0.717, 1.165) is 135 Å². The van der Waals surface area contributed by atoms with Gasteiger partial charge in [-0.1, -0.05) is 259 Å². The minimum atomic E-state index is -0.792. The van der Waals surface area contributed by atoms with Crippen LogP contribution in [0.25, 0.3) is 0 Å². The van der Waals surface area contributed by atoms with E-state index in [-0.39, 0.29) is 31.1 Å². The number of carbonyl (C=O) groups excluding carboxylic acids is 3. The molecule has 0 rings (SSSR count). The lowest BCUT2D eigenvalue weighted by Gasteiger charge is -2.18. The van der Waals surface area contributed by atoms with Gasteiger partial charge < -0.3 is 14.2 Å². The van der Waals surface area contributed by atoms with E-state index in [1.165, 1.54) is 103 Å². The van der Waals surface area contributed by atoms with Crippen LogP contribution in [0.3, 0.4) is 0 Å². The van der Waals surface area contributed by atoms with E-state index in [1.807, 2.05) is 0 Å². The maximum absolute atomic E-state index is 12.8. The van der Waals surface area contributed by atoms with Crippen LogP contribution in [0, 0.1) is 0 Å². The molecule has 0 aromatic rings. The number of esters is 3. The summed E-state index contributed by atoms with van der Waals surface area (Å²) in [6.45, 7) is 6.49. The molecule has 0 N–H and O–H groups in total. The molecule has 0 aliphatic rings. The highest BCUT2D eigenvalue weighted by Crippen LogP contribution is 2.15. The van der Waals surface area contributed by atoms with E-state index in [9.17, 15) is 14.4 Å². The number of rotatable bonds is 54. The topological polar surface area (TPSA) is 78.9 Å². The molecule has 0 spiro atoms. The smallest absolute Gasteiger partial charge is 0.306 e. The number of hydrogen-bond donors (Lipinski definition) is 0. The molecule has 0 aliphatic carbocycles. The summed E-state index contributed by atoms with van der Waals surface area (Å²) < 4.78 is 16.8. The molecule has 0 saturated heterocycles. The Bertz CT molecular complexity index is 1490. The number of ether oxygens (including phenoxy) is 3. The largest absolute Gasteiger partial charge is 0.462 e. The second kappa shape index (κ2) is 60.6. The maximum atomic E-state index is 12.8. The zero-order chi connectivity index (χ0) is 52.9. The molecule has 0 saturated carbocycles. The molecule has 0 bridgehead atoms. The van der Waals surface area contributed by atoms with Crippen molar-refractivity contribution < 1.29 is 28.6 Å². The summed E-state index contributed by atoms with van der Waals surface area (Å²) in [7, 11) is 0. The average Bonchev–Trinajstić information content (AvgIpc) is 3.39. The molecule has 0 radical (unpaired) electrons. The van der Waals surface area contributed by atoms with Gasteiger partial charge in [0.05, 0.1) is 0 Å². The lowest BCUT2D eigenvalue weighted by molar-refractivity contribution is -0.167. The molecular formula is C67H112O6. The van der Waals surface area contributed by atoms with Gasteiger partial charge in [0.1, 0.15) is 13.2 Å². The van der Waals surface area contributed by atoms with Crippen LogP contribution in [0.5, 0.6) is 0 Å². The van der Waals surface area contributed by atoms with E-state index in [2.05, 4.69) is 130 Å². The summed E-state index contributed by atoms with van der Waals surface area (Å²) in [6, 6.07) is 0. The summed E-state index contributed by atoms with van der Waals surface area (Å²) >= 11 is 0. The number of unbranched alkanes of at least 4 members (excludes halogenated alkanes) is 25. The molecule has 0 fully saturated rings. The monoisotopic (exact) mass is 1010 g/mol. The Morgan fingerprint density at radius 1 is 0.288 bits per heavy atom. The molecule has 73 heavy (non-hydrogen) atoms. The van der Waals surface area contributed by atoms with Crippen molar-refractivity contribution in [3.05, 3.63) is 109 Å². The lowest BCUT2D eigenvalue weighted by atomic mass is 10.0. The molecule has 1 atom stereocenters. The summed E-state index contributed by atoms with van der Waals surface area (Å²) in [6.07, 6.45) is 82.3. The van der Waals surface area contributed by atoms with E-state index in [0.29, 0.717) is 19.3 Å². The molecule has 6 heteroatoms. The van der Waals surface area contributed by atoms with E-state index < -0.39 is 6.10 Å². The number of allylic oxidation sites excluding steroid dienone is 18. The third-order valence-electron chi connectivity index (χ3n) is 12.8. The van der Waals surface area contributed by atoms with Crippen molar-refractivity contribution in [2.24, 2.45) is 0 Å². The molecule has 0 amide bonds. The van der Waals surface area contributed by atoms with Crippen LogP contribution in [-0.2, 0) is 28.6 Å².